The van der Waals surface area contributed by atoms with Crippen LogP contribution in [0.1, 0.15) is 34.7 Å². The molecule has 4 rings (SSSR count). The Bertz CT molecular complexity index is 1470. The van der Waals surface area contributed by atoms with Crippen LogP contribution in [0.2, 0.25) is 0 Å². The van der Waals surface area contributed by atoms with Gasteiger partial charge in [0.05, 0.1) is 12.3 Å². The van der Waals surface area contributed by atoms with Crippen LogP contribution in [0.5, 0.6) is 11.5 Å². The summed E-state index contributed by atoms with van der Waals surface area (Å²) in [5.41, 5.74) is 3.44. The summed E-state index contributed by atoms with van der Waals surface area (Å²) in [5.74, 6) is -1.14. The third-order valence-electron chi connectivity index (χ3n) is 6.03. The standard InChI is InChI=1S/C31H29FN2O5/c1-5-9-22-15-21(17-27(38-6-2)28(22)39-18-23-10-7-8-11-26(23)32)16-25-29(35)33-31(37)34(30(25)36)24-13-19(3)12-20(4)14-24/h5,7-8,10-17H,1,6,9,18H2,2-4H3,(H,33,35,37)/b25-16+. The quantitative estimate of drug-likeness (QED) is 0.215. The number of halogens is 1. The molecule has 39 heavy (non-hydrogen) atoms. The lowest BCUT2D eigenvalue weighted by Crippen LogP contribution is -2.54. The summed E-state index contributed by atoms with van der Waals surface area (Å²) < 4.78 is 26.0. The molecule has 4 amide bonds. The van der Waals surface area contributed by atoms with Crippen LogP contribution in [-0.4, -0.2) is 24.5 Å². The molecule has 200 valence electrons. The Morgan fingerprint density at radius 2 is 1.69 bits per heavy atom. The number of ether oxygens (including phenoxy) is 2. The van der Waals surface area contributed by atoms with Crippen LogP contribution in [0.3, 0.4) is 0 Å². The van der Waals surface area contributed by atoms with Gasteiger partial charge in [0.1, 0.15) is 18.0 Å². The minimum Gasteiger partial charge on any atom is -0.490 e. The first-order valence-electron chi connectivity index (χ1n) is 12.5. The topological polar surface area (TPSA) is 84.9 Å². The number of aryl methyl sites for hydroxylation is 2. The van der Waals surface area contributed by atoms with Crippen LogP contribution < -0.4 is 19.7 Å². The Morgan fingerprint density at radius 3 is 2.36 bits per heavy atom. The van der Waals surface area contributed by atoms with Crippen LogP contribution in [0.15, 0.2) is 72.8 Å². The zero-order valence-electron chi connectivity index (χ0n) is 22.0. The number of nitrogens with zero attached hydrogens (tertiary/aromatic N) is 1. The first kappa shape index (κ1) is 27.3. The summed E-state index contributed by atoms with van der Waals surface area (Å²) in [6.07, 6.45) is 3.48. The number of allylic oxidation sites excluding steroid dienone is 1. The van der Waals surface area contributed by atoms with Gasteiger partial charge in [-0.1, -0.05) is 30.3 Å². The molecule has 7 nitrogen and oxygen atoms in total. The molecular weight excluding hydrogens is 499 g/mol. The Kier molecular flexibility index (Phi) is 8.24. The Balaban J connectivity index is 1.74. The van der Waals surface area contributed by atoms with E-state index < -0.39 is 17.8 Å². The molecule has 3 aromatic rings. The second-order valence-electron chi connectivity index (χ2n) is 9.12. The molecule has 1 saturated heterocycles. The van der Waals surface area contributed by atoms with Gasteiger partial charge in [-0.25, -0.2) is 14.1 Å². The summed E-state index contributed by atoms with van der Waals surface area (Å²) in [4.78, 5) is 39.8. The molecule has 8 heteroatoms. The fraction of sp³-hybridized carbons (Fsp3) is 0.194. The van der Waals surface area contributed by atoms with E-state index in [0.717, 1.165) is 16.0 Å². The van der Waals surface area contributed by atoms with E-state index in [1.807, 2.05) is 26.8 Å². The Hall–Kier alpha value is -4.72. The van der Waals surface area contributed by atoms with E-state index >= 15 is 0 Å². The highest BCUT2D eigenvalue weighted by Gasteiger charge is 2.37. The smallest absolute Gasteiger partial charge is 0.335 e. The van der Waals surface area contributed by atoms with Gasteiger partial charge >= 0.3 is 6.03 Å². The van der Waals surface area contributed by atoms with Gasteiger partial charge in [0.15, 0.2) is 11.5 Å². The summed E-state index contributed by atoms with van der Waals surface area (Å²) >= 11 is 0. The molecule has 0 saturated carbocycles. The van der Waals surface area contributed by atoms with Crippen LogP contribution in [-0.2, 0) is 22.6 Å². The maximum Gasteiger partial charge on any atom is 0.335 e. The third kappa shape index (κ3) is 6.06. The lowest BCUT2D eigenvalue weighted by molar-refractivity contribution is -0.122. The van der Waals surface area contributed by atoms with Gasteiger partial charge in [-0.15, -0.1) is 6.58 Å². The van der Waals surface area contributed by atoms with Crippen LogP contribution in [0.25, 0.3) is 6.08 Å². The number of benzene rings is 3. The number of anilines is 1. The molecule has 0 aliphatic carbocycles. The molecule has 1 N–H and O–H groups in total. The number of urea groups is 1. The van der Waals surface area contributed by atoms with Crippen molar-refractivity contribution in [2.45, 2.75) is 33.8 Å². The lowest BCUT2D eigenvalue weighted by Gasteiger charge is -2.27. The normalized spacial score (nSPS) is 14.4. The molecule has 0 spiro atoms. The minimum absolute atomic E-state index is 0.0226. The SMILES string of the molecule is C=CCc1cc(/C=C2\C(=O)NC(=O)N(c3cc(C)cc(C)c3)C2=O)cc(OCC)c1OCc1ccccc1F. The van der Waals surface area contributed by atoms with Crippen molar-refractivity contribution in [3.63, 3.8) is 0 Å². The Labute approximate surface area is 226 Å². The molecule has 1 fully saturated rings. The number of nitrogens with one attached hydrogen (secondary N) is 1. The summed E-state index contributed by atoms with van der Waals surface area (Å²) in [6, 6.07) is 14.2. The highest BCUT2D eigenvalue weighted by molar-refractivity contribution is 6.39. The van der Waals surface area contributed by atoms with E-state index in [1.165, 1.54) is 12.1 Å². The fourth-order valence-electron chi connectivity index (χ4n) is 4.40. The van der Waals surface area contributed by atoms with E-state index in [-0.39, 0.29) is 18.0 Å². The fourth-order valence-corrected chi connectivity index (χ4v) is 4.40. The van der Waals surface area contributed by atoms with E-state index in [4.69, 9.17) is 9.47 Å². The lowest BCUT2D eigenvalue weighted by atomic mass is 10.0. The average Bonchev–Trinajstić information content (AvgIpc) is 2.87. The van der Waals surface area contributed by atoms with Gasteiger partial charge in [0, 0.05) is 11.1 Å². The largest absolute Gasteiger partial charge is 0.490 e. The first-order valence-corrected chi connectivity index (χ1v) is 12.5. The van der Waals surface area contributed by atoms with Crippen LogP contribution >= 0.6 is 0 Å². The summed E-state index contributed by atoms with van der Waals surface area (Å²) in [6.45, 7) is 9.63. The zero-order valence-corrected chi connectivity index (χ0v) is 22.0. The van der Waals surface area contributed by atoms with E-state index in [0.29, 0.717) is 46.9 Å². The molecular formula is C31H29FN2O5. The molecule has 0 aromatic heterocycles. The van der Waals surface area contributed by atoms with Gasteiger partial charge in [-0.3, -0.25) is 14.9 Å². The molecule has 1 heterocycles. The summed E-state index contributed by atoms with van der Waals surface area (Å²) in [7, 11) is 0. The molecule has 0 bridgehead atoms. The number of imide groups is 2. The van der Waals surface area contributed by atoms with Crippen molar-refractivity contribution in [2.24, 2.45) is 0 Å². The zero-order chi connectivity index (χ0) is 28.1. The second kappa shape index (κ2) is 11.8. The number of carbonyl (C=O) groups is 3. The molecule has 1 aliphatic heterocycles. The van der Waals surface area contributed by atoms with Crippen molar-refractivity contribution in [2.75, 3.05) is 11.5 Å². The van der Waals surface area contributed by atoms with Crippen molar-refractivity contribution in [3.05, 3.63) is 106 Å². The predicted molar refractivity (Wildman–Crippen MR) is 147 cm³/mol. The van der Waals surface area contributed by atoms with Gasteiger partial charge in [-0.05, 0) is 80.3 Å². The van der Waals surface area contributed by atoms with Gasteiger partial charge < -0.3 is 9.47 Å². The number of hydrogen-bond acceptors (Lipinski definition) is 5. The van der Waals surface area contributed by atoms with Crippen molar-refractivity contribution < 1.29 is 28.2 Å². The first-order chi connectivity index (χ1) is 18.7. The van der Waals surface area contributed by atoms with Gasteiger partial charge in [0.2, 0.25) is 0 Å². The maximum atomic E-state index is 14.2. The number of carbonyl (C=O) groups excluding carboxylic acids is 3. The van der Waals surface area contributed by atoms with Gasteiger partial charge in [-0.2, -0.15) is 0 Å². The molecule has 0 unspecified atom stereocenters. The number of hydrogen-bond donors (Lipinski definition) is 1. The number of barbiturate groups is 1. The Morgan fingerprint density at radius 1 is 0.974 bits per heavy atom. The van der Waals surface area contributed by atoms with Crippen molar-refractivity contribution in [1.29, 1.82) is 0 Å². The summed E-state index contributed by atoms with van der Waals surface area (Å²) in [5, 5.41) is 2.25. The predicted octanol–water partition coefficient (Wildman–Crippen LogP) is 5.82. The van der Waals surface area contributed by atoms with Crippen LogP contribution in [0, 0.1) is 19.7 Å². The number of rotatable bonds is 9. The van der Waals surface area contributed by atoms with E-state index in [1.54, 1.807) is 48.5 Å². The third-order valence-corrected chi connectivity index (χ3v) is 6.03. The van der Waals surface area contributed by atoms with Gasteiger partial charge in [0.25, 0.3) is 11.8 Å². The monoisotopic (exact) mass is 528 g/mol. The molecule has 3 aromatic carbocycles. The van der Waals surface area contributed by atoms with Crippen LogP contribution in [0.4, 0.5) is 14.9 Å². The minimum atomic E-state index is -0.814. The average molecular weight is 529 g/mol. The molecule has 1 aliphatic rings. The highest BCUT2D eigenvalue weighted by atomic mass is 19.1. The second-order valence-corrected chi connectivity index (χ2v) is 9.12. The number of amides is 4. The van der Waals surface area contributed by atoms with E-state index in [9.17, 15) is 18.8 Å². The maximum absolute atomic E-state index is 14.2. The van der Waals surface area contributed by atoms with Crippen molar-refractivity contribution in [3.8, 4) is 11.5 Å². The molecule has 0 radical (unpaired) electrons. The highest BCUT2D eigenvalue weighted by Crippen LogP contribution is 2.36. The van der Waals surface area contributed by atoms with Crippen molar-refractivity contribution in [1.82, 2.24) is 5.32 Å². The van der Waals surface area contributed by atoms with E-state index in [2.05, 4.69) is 11.9 Å². The molecule has 0 atom stereocenters. The van der Waals surface area contributed by atoms with Crippen molar-refractivity contribution >= 4 is 29.6 Å².